The molecule has 0 fully saturated rings. The molecule has 0 spiro atoms. The molecule has 0 unspecified atom stereocenters. The number of alkyl halides is 1. The fraction of sp³-hybridized carbons (Fsp3) is 0.333. The summed E-state index contributed by atoms with van der Waals surface area (Å²) in [5.74, 6) is 0.496. The maximum absolute atomic E-state index is 9.44. The quantitative estimate of drug-likeness (QED) is 0.694. The van der Waals surface area contributed by atoms with Gasteiger partial charge in [-0.05, 0) is 12.0 Å². The Kier molecular flexibility index (Phi) is 3.40. The monoisotopic (exact) mass is 172 g/mol. The van der Waals surface area contributed by atoms with Gasteiger partial charge >= 0.3 is 0 Å². The zero-order chi connectivity index (χ0) is 8.10. The molecule has 60 valence electrons. The lowest BCUT2D eigenvalue weighted by molar-refractivity contribution is 0.174. The summed E-state index contributed by atoms with van der Waals surface area (Å²) in [5.41, 5.74) is 0.938. The molecule has 0 saturated heterocycles. The summed E-state index contributed by atoms with van der Waals surface area (Å²) in [6.07, 6.45) is 0.208. The summed E-state index contributed by atoms with van der Waals surface area (Å²) in [6.45, 7) is 0. The van der Waals surface area contributed by atoms with E-state index in [0.717, 1.165) is 5.56 Å². The largest absolute Gasteiger partial charge is 0.388 e. The zero-order valence-corrected chi connectivity index (χ0v) is 6.96. The van der Waals surface area contributed by atoms with Gasteiger partial charge in [0.1, 0.15) is 0 Å². The van der Waals surface area contributed by atoms with Gasteiger partial charge in [0.05, 0.1) is 6.10 Å². The van der Waals surface area contributed by atoms with Gasteiger partial charge in [0.25, 0.3) is 0 Å². The maximum Gasteiger partial charge on any atom is 0.0801 e. The van der Waals surface area contributed by atoms with Crippen molar-refractivity contribution in [1.82, 2.24) is 0 Å². The minimum Gasteiger partial charge on any atom is -0.388 e. The third-order valence-electron chi connectivity index (χ3n) is 1.57. The van der Waals surface area contributed by atoms with Crippen LogP contribution in [-0.4, -0.2) is 11.0 Å². The average Bonchev–Trinajstić information content (AvgIpc) is 2.07. The lowest BCUT2D eigenvalue weighted by Gasteiger charge is -2.07. The van der Waals surface area contributed by atoms with Crippen LogP contribution in [-0.2, 0) is 0 Å². The molecule has 0 aliphatic rings. The Labute approximate surface area is 71.6 Å². The number of rotatable bonds is 3. The molecule has 1 aromatic carbocycles. The molecule has 1 N–H and O–H groups in total. The van der Waals surface area contributed by atoms with E-state index in [9.17, 15) is 5.11 Å². The SMILES string of the molecule is O[14C@H](CCCl)c1ccccc1. The topological polar surface area (TPSA) is 20.2 Å². The van der Waals surface area contributed by atoms with E-state index in [-0.39, 0.29) is 0 Å². The van der Waals surface area contributed by atoms with Gasteiger partial charge in [0.15, 0.2) is 0 Å². The van der Waals surface area contributed by atoms with Gasteiger partial charge < -0.3 is 5.11 Å². The first-order valence-corrected chi connectivity index (χ1v) is 4.17. The lowest BCUT2D eigenvalue weighted by Crippen LogP contribution is -1.96. The molecule has 0 aromatic heterocycles. The van der Waals surface area contributed by atoms with Crippen molar-refractivity contribution in [3.05, 3.63) is 35.9 Å². The minimum atomic E-state index is -0.409. The van der Waals surface area contributed by atoms with Crippen molar-refractivity contribution >= 4 is 11.6 Å². The second-order valence-electron chi connectivity index (χ2n) is 2.40. The molecule has 11 heavy (non-hydrogen) atoms. The molecular formula is C9H11ClO. The van der Waals surface area contributed by atoms with Gasteiger partial charge in [-0.2, -0.15) is 0 Å². The smallest absolute Gasteiger partial charge is 0.0801 e. The Morgan fingerprint density at radius 2 is 1.91 bits per heavy atom. The first-order valence-electron chi connectivity index (χ1n) is 3.63. The second kappa shape index (κ2) is 4.37. The van der Waals surface area contributed by atoms with E-state index in [4.69, 9.17) is 11.6 Å². The summed E-state index contributed by atoms with van der Waals surface area (Å²) >= 11 is 5.49. The fourth-order valence-electron chi connectivity index (χ4n) is 0.945. The van der Waals surface area contributed by atoms with Crippen molar-refractivity contribution in [3.8, 4) is 0 Å². The molecule has 1 atom stereocenters. The van der Waals surface area contributed by atoms with Crippen LogP contribution in [0.2, 0.25) is 0 Å². The number of aliphatic hydroxyl groups excluding tert-OH is 1. The van der Waals surface area contributed by atoms with Crippen LogP contribution in [0.3, 0.4) is 0 Å². The Hall–Kier alpha value is -0.530. The molecule has 2 heteroatoms. The van der Waals surface area contributed by atoms with E-state index in [1.54, 1.807) is 0 Å². The number of benzene rings is 1. The molecule has 1 nitrogen and oxygen atoms in total. The summed E-state index contributed by atoms with van der Waals surface area (Å²) in [7, 11) is 0. The molecule has 0 amide bonds. The van der Waals surface area contributed by atoms with Crippen LogP contribution >= 0.6 is 11.6 Å². The summed E-state index contributed by atoms with van der Waals surface area (Å²) in [5, 5.41) is 9.44. The van der Waals surface area contributed by atoms with Gasteiger partial charge in [-0.15, -0.1) is 11.6 Å². The van der Waals surface area contributed by atoms with E-state index in [1.807, 2.05) is 30.3 Å². The Morgan fingerprint density at radius 3 is 2.45 bits per heavy atom. The highest BCUT2D eigenvalue weighted by atomic mass is 35.5. The van der Waals surface area contributed by atoms with Gasteiger partial charge in [-0.3, -0.25) is 0 Å². The van der Waals surface area contributed by atoms with Crippen molar-refractivity contribution in [2.24, 2.45) is 0 Å². The molecule has 0 aliphatic heterocycles. The molecule has 0 aliphatic carbocycles. The maximum atomic E-state index is 9.44. The molecule has 0 radical (unpaired) electrons. The number of halogens is 1. The highest BCUT2D eigenvalue weighted by Crippen LogP contribution is 2.15. The van der Waals surface area contributed by atoms with E-state index < -0.39 is 6.10 Å². The van der Waals surface area contributed by atoms with E-state index in [1.165, 1.54) is 0 Å². The van der Waals surface area contributed by atoms with Crippen LogP contribution in [0.4, 0.5) is 0 Å². The Bertz CT molecular complexity index is 198. The molecular weight excluding hydrogens is 162 g/mol. The van der Waals surface area contributed by atoms with Crippen LogP contribution in [0.25, 0.3) is 0 Å². The number of aliphatic hydroxyl groups is 1. The van der Waals surface area contributed by atoms with E-state index in [2.05, 4.69) is 0 Å². The highest BCUT2D eigenvalue weighted by molar-refractivity contribution is 6.17. The van der Waals surface area contributed by atoms with Crippen molar-refractivity contribution < 1.29 is 5.11 Å². The first-order chi connectivity index (χ1) is 5.34. The zero-order valence-electron chi connectivity index (χ0n) is 6.20. The number of hydrogen-bond acceptors (Lipinski definition) is 1. The summed E-state index contributed by atoms with van der Waals surface area (Å²) < 4.78 is 0. The van der Waals surface area contributed by atoms with Gasteiger partial charge in [-0.1, -0.05) is 30.3 Å². The third-order valence-corrected chi connectivity index (χ3v) is 1.79. The predicted octanol–water partition coefficient (Wildman–Crippen LogP) is 2.35. The van der Waals surface area contributed by atoms with Crippen LogP contribution in [0.15, 0.2) is 30.3 Å². The molecule has 1 rings (SSSR count). The second-order valence-corrected chi connectivity index (χ2v) is 2.78. The first kappa shape index (κ1) is 8.57. The van der Waals surface area contributed by atoms with Crippen molar-refractivity contribution in [1.29, 1.82) is 0 Å². The normalized spacial score (nSPS) is 12.9. The van der Waals surface area contributed by atoms with Crippen molar-refractivity contribution in [2.45, 2.75) is 12.5 Å². The number of hydrogen-bond donors (Lipinski definition) is 1. The Morgan fingerprint density at radius 1 is 1.27 bits per heavy atom. The standard InChI is InChI=1S/C9H11ClO/c10-7-6-9(11)8-4-2-1-3-5-8/h1-5,9,11H,6-7H2/t9-/m1/s1/i9+2. The fourth-order valence-corrected chi connectivity index (χ4v) is 1.15. The predicted molar refractivity (Wildman–Crippen MR) is 46.7 cm³/mol. The van der Waals surface area contributed by atoms with Gasteiger partial charge in [-0.25, -0.2) is 0 Å². The van der Waals surface area contributed by atoms with Gasteiger partial charge in [0, 0.05) is 5.88 Å². The highest BCUT2D eigenvalue weighted by Gasteiger charge is 2.03. The summed E-state index contributed by atoms with van der Waals surface area (Å²) in [4.78, 5) is 0. The Balaban J connectivity index is 2.61. The van der Waals surface area contributed by atoms with Crippen molar-refractivity contribution in [2.75, 3.05) is 5.88 Å². The van der Waals surface area contributed by atoms with E-state index >= 15 is 0 Å². The third kappa shape index (κ3) is 2.52. The van der Waals surface area contributed by atoms with Crippen LogP contribution in [0.5, 0.6) is 0 Å². The minimum absolute atomic E-state index is 0.409. The molecule has 1 aromatic rings. The molecule has 0 bridgehead atoms. The van der Waals surface area contributed by atoms with Crippen LogP contribution in [0, 0.1) is 0 Å². The van der Waals surface area contributed by atoms with Crippen molar-refractivity contribution in [3.63, 3.8) is 0 Å². The molecule has 0 saturated carbocycles. The lowest BCUT2D eigenvalue weighted by atomic mass is 10.3. The summed E-state index contributed by atoms with van der Waals surface area (Å²) in [6, 6.07) is 9.55. The average molecular weight is 173 g/mol. The van der Waals surface area contributed by atoms with E-state index in [0.29, 0.717) is 12.3 Å². The van der Waals surface area contributed by atoms with Crippen LogP contribution < -0.4 is 0 Å². The van der Waals surface area contributed by atoms with Gasteiger partial charge in [0.2, 0.25) is 0 Å². The van der Waals surface area contributed by atoms with Crippen LogP contribution in [0.1, 0.15) is 18.1 Å². The molecule has 0 heterocycles.